The molecule has 0 heterocycles. The zero-order valence-corrected chi connectivity index (χ0v) is 11.0. The van der Waals surface area contributed by atoms with E-state index in [1.54, 1.807) is 5.57 Å². The molecule has 1 heteroatoms. The highest BCUT2D eigenvalue weighted by Gasteiger charge is 2.23. The molecule has 2 aliphatic rings. The van der Waals surface area contributed by atoms with Gasteiger partial charge < -0.3 is 0 Å². The summed E-state index contributed by atoms with van der Waals surface area (Å²) in [6, 6.07) is 0. The van der Waals surface area contributed by atoms with Crippen molar-refractivity contribution in [2.45, 2.75) is 31.9 Å². The van der Waals surface area contributed by atoms with E-state index in [1.165, 1.54) is 18.4 Å². The lowest BCUT2D eigenvalue weighted by molar-refractivity contribution is 0.575. The van der Waals surface area contributed by atoms with E-state index in [9.17, 15) is 0 Å². The molecule has 3 atom stereocenters. The lowest BCUT2D eigenvalue weighted by Gasteiger charge is -2.28. The Morgan fingerprint density at radius 3 is 2.75 bits per heavy atom. The molecule has 0 aliphatic heterocycles. The van der Waals surface area contributed by atoms with Crippen LogP contribution in [-0.4, -0.2) is 5.25 Å². The van der Waals surface area contributed by atoms with Crippen molar-refractivity contribution in [2.75, 3.05) is 0 Å². The monoisotopic (exact) mass is 232 g/mol. The third kappa shape index (κ3) is 2.20. The summed E-state index contributed by atoms with van der Waals surface area (Å²) in [7, 11) is 0. The average Bonchev–Trinajstić information content (AvgIpc) is 2.31. The molecule has 0 aromatic heterocycles. The van der Waals surface area contributed by atoms with Crippen molar-refractivity contribution < 1.29 is 0 Å². The first kappa shape index (κ1) is 11.8. The second-order valence-electron chi connectivity index (χ2n) is 4.67. The highest BCUT2D eigenvalue weighted by molar-refractivity contribution is 7.81. The molecule has 0 fully saturated rings. The van der Waals surface area contributed by atoms with Crippen molar-refractivity contribution in [1.82, 2.24) is 0 Å². The van der Waals surface area contributed by atoms with Crippen LogP contribution in [0.25, 0.3) is 0 Å². The summed E-state index contributed by atoms with van der Waals surface area (Å²) in [4.78, 5) is 0. The van der Waals surface area contributed by atoms with Crippen LogP contribution in [-0.2, 0) is 0 Å². The Labute approximate surface area is 104 Å². The van der Waals surface area contributed by atoms with E-state index in [1.807, 2.05) is 0 Å². The Hall–Kier alpha value is -0.690. The average molecular weight is 232 g/mol. The molecule has 0 saturated heterocycles. The fraction of sp³-hybridized carbons (Fsp3) is 0.467. The summed E-state index contributed by atoms with van der Waals surface area (Å²) in [5.41, 5.74) is 3.05. The van der Waals surface area contributed by atoms with E-state index in [0.717, 1.165) is 5.92 Å². The third-order valence-corrected chi connectivity index (χ3v) is 4.24. The van der Waals surface area contributed by atoms with Crippen molar-refractivity contribution in [2.24, 2.45) is 11.8 Å². The van der Waals surface area contributed by atoms with Crippen molar-refractivity contribution in [3.05, 3.63) is 47.6 Å². The number of hydrogen-bond acceptors (Lipinski definition) is 1. The van der Waals surface area contributed by atoms with Gasteiger partial charge in [0.1, 0.15) is 0 Å². The molecule has 0 nitrogen and oxygen atoms in total. The maximum atomic E-state index is 4.66. The fourth-order valence-electron chi connectivity index (χ4n) is 2.63. The number of hydrogen-bond donors (Lipinski definition) is 1. The molecule has 0 spiro atoms. The summed E-state index contributed by atoms with van der Waals surface area (Å²) in [6.45, 7) is 4.57. The van der Waals surface area contributed by atoms with E-state index < -0.39 is 0 Å². The van der Waals surface area contributed by atoms with Crippen molar-refractivity contribution >= 4 is 12.6 Å². The molecular weight excluding hydrogens is 212 g/mol. The number of thiol groups is 1. The summed E-state index contributed by atoms with van der Waals surface area (Å²) >= 11 is 4.66. The van der Waals surface area contributed by atoms with E-state index >= 15 is 0 Å². The predicted octanol–water partition coefficient (Wildman–Crippen LogP) is 4.33. The van der Waals surface area contributed by atoms with Crippen LogP contribution in [0.3, 0.4) is 0 Å². The molecular formula is C15H20S. The van der Waals surface area contributed by atoms with Crippen LogP contribution in [0.15, 0.2) is 47.6 Å². The zero-order valence-electron chi connectivity index (χ0n) is 10.1. The molecule has 0 saturated carbocycles. The fourth-order valence-corrected chi connectivity index (χ4v) is 2.99. The van der Waals surface area contributed by atoms with Crippen LogP contribution in [0.2, 0.25) is 0 Å². The van der Waals surface area contributed by atoms with Crippen LogP contribution in [0.5, 0.6) is 0 Å². The van der Waals surface area contributed by atoms with Crippen LogP contribution < -0.4 is 0 Å². The quantitative estimate of drug-likeness (QED) is 0.673. The Balaban J connectivity index is 2.28. The molecule has 86 valence electrons. The minimum Gasteiger partial charge on any atom is -0.171 e. The minimum atomic E-state index is 0.329. The van der Waals surface area contributed by atoms with E-state index in [-0.39, 0.29) is 0 Å². The summed E-state index contributed by atoms with van der Waals surface area (Å²) in [5.74, 6) is 1.19. The molecule has 0 radical (unpaired) electrons. The summed E-state index contributed by atoms with van der Waals surface area (Å²) < 4.78 is 0. The number of rotatable bonds is 2. The smallest absolute Gasteiger partial charge is 0.0303 e. The maximum Gasteiger partial charge on any atom is 0.0303 e. The van der Waals surface area contributed by atoms with Gasteiger partial charge in [-0.25, -0.2) is 0 Å². The molecule has 16 heavy (non-hydrogen) atoms. The molecule has 0 N–H and O–H groups in total. The second kappa shape index (κ2) is 5.09. The Kier molecular flexibility index (Phi) is 3.75. The zero-order chi connectivity index (χ0) is 11.5. The van der Waals surface area contributed by atoms with E-state index in [2.05, 4.69) is 62.9 Å². The first-order valence-corrected chi connectivity index (χ1v) is 6.66. The topological polar surface area (TPSA) is 0 Å². The molecule has 3 unspecified atom stereocenters. The van der Waals surface area contributed by atoms with Crippen molar-refractivity contribution in [3.8, 4) is 0 Å². The van der Waals surface area contributed by atoms with E-state index in [4.69, 9.17) is 0 Å². The second-order valence-corrected chi connectivity index (χ2v) is 5.26. The van der Waals surface area contributed by atoms with Gasteiger partial charge in [0.2, 0.25) is 0 Å². The Bertz CT molecular complexity index is 371. The van der Waals surface area contributed by atoms with Crippen LogP contribution in [0.1, 0.15) is 26.7 Å². The van der Waals surface area contributed by atoms with Crippen molar-refractivity contribution in [1.29, 1.82) is 0 Å². The lowest BCUT2D eigenvalue weighted by Crippen LogP contribution is -2.19. The van der Waals surface area contributed by atoms with E-state index in [0.29, 0.717) is 11.2 Å². The van der Waals surface area contributed by atoms with Crippen LogP contribution in [0, 0.1) is 11.8 Å². The first-order valence-electron chi connectivity index (χ1n) is 6.14. The van der Waals surface area contributed by atoms with Gasteiger partial charge in [0.15, 0.2) is 0 Å². The molecule has 2 rings (SSSR count). The highest BCUT2D eigenvalue weighted by Crippen LogP contribution is 2.35. The Morgan fingerprint density at radius 1 is 1.31 bits per heavy atom. The van der Waals surface area contributed by atoms with Gasteiger partial charge in [-0.2, -0.15) is 12.6 Å². The van der Waals surface area contributed by atoms with Gasteiger partial charge in [-0.05, 0) is 31.3 Å². The molecule has 2 aliphatic carbocycles. The largest absolute Gasteiger partial charge is 0.171 e. The minimum absolute atomic E-state index is 0.329. The van der Waals surface area contributed by atoms with Crippen LogP contribution >= 0.6 is 12.6 Å². The molecule has 0 bridgehead atoms. The SMILES string of the molecule is CCC1CC=CC(C2C=CC=CC2S)=C1C. The molecule has 0 aromatic carbocycles. The predicted molar refractivity (Wildman–Crippen MR) is 74.8 cm³/mol. The van der Waals surface area contributed by atoms with Gasteiger partial charge in [-0.1, -0.05) is 49.0 Å². The van der Waals surface area contributed by atoms with Gasteiger partial charge >= 0.3 is 0 Å². The molecule has 0 aromatic rings. The van der Waals surface area contributed by atoms with Gasteiger partial charge in [0.05, 0.1) is 0 Å². The van der Waals surface area contributed by atoms with Gasteiger partial charge in [0.25, 0.3) is 0 Å². The van der Waals surface area contributed by atoms with Gasteiger partial charge in [-0.3, -0.25) is 0 Å². The standard InChI is InChI=1S/C15H20S/c1-3-12-7-6-9-13(11(12)2)14-8-4-5-10-15(14)16/h4-6,8-10,12,14-16H,3,7H2,1-2H3. The Morgan fingerprint density at radius 2 is 2.06 bits per heavy atom. The lowest BCUT2D eigenvalue weighted by atomic mass is 9.79. The number of allylic oxidation sites excluding steroid dienone is 7. The highest BCUT2D eigenvalue weighted by atomic mass is 32.1. The van der Waals surface area contributed by atoms with Crippen LogP contribution in [0.4, 0.5) is 0 Å². The summed E-state index contributed by atoms with van der Waals surface area (Å²) in [6.07, 6.45) is 15.8. The van der Waals surface area contributed by atoms with Crippen molar-refractivity contribution in [3.63, 3.8) is 0 Å². The third-order valence-electron chi connectivity index (χ3n) is 3.74. The summed E-state index contributed by atoms with van der Waals surface area (Å²) in [5, 5.41) is 0.329. The molecule has 0 amide bonds. The van der Waals surface area contributed by atoms with Gasteiger partial charge in [0, 0.05) is 11.2 Å². The normalized spacial score (nSPS) is 33.6. The van der Waals surface area contributed by atoms with Gasteiger partial charge in [-0.15, -0.1) is 0 Å². The first-order chi connectivity index (χ1) is 7.74. The maximum absolute atomic E-state index is 4.66.